The Morgan fingerprint density at radius 1 is 1.17 bits per heavy atom. The van der Waals surface area contributed by atoms with E-state index in [0.717, 1.165) is 0 Å². The Morgan fingerprint density at radius 2 is 1.79 bits per heavy atom. The van der Waals surface area contributed by atoms with Gasteiger partial charge >= 0.3 is 17.9 Å². The summed E-state index contributed by atoms with van der Waals surface area (Å²) in [6.07, 6.45) is -1.15. The van der Waals surface area contributed by atoms with Crippen LogP contribution < -0.4 is 0 Å². The lowest BCUT2D eigenvalue weighted by Gasteiger charge is -2.57. The summed E-state index contributed by atoms with van der Waals surface area (Å²) in [6.45, 7) is 11.2. The average molecular weight is 406 g/mol. The van der Waals surface area contributed by atoms with Gasteiger partial charge in [-0.2, -0.15) is 0 Å². The molecular weight excluding hydrogens is 380 g/mol. The summed E-state index contributed by atoms with van der Waals surface area (Å²) in [5.41, 5.74) is -1.09. The van der Waals surface area contributed by atoms with Gasteiger partial charge in [0.2, 0.25) is 0 Å². The lowest BCUT2D eigenvalue weighted by Crippen LogP contribution is -2.66. The van der Waals surface area contributed by atoms with Crippen LogP contribution in [0.15, 0.2) is 23.8 Å². The van der Waals surface area contributed by atoms with Crippen molar-refractivity contribution >= 4 is 23.7 Å². The molecule has 8 nitrogen and oxygen atoms in total. The molecule has 1 saturated carbocycles. The fraction of sp³-hybridized carbons (Fsp3) is 0.619. The number of hydrogen-bond acceptors (Lipinski definition) is 8. The van der Waals surface area contributed by atoms with Crippen LogP contribution in [0.2, 0.25) is 0 Å². The van der Waals surface area contributed by atoms with Crippen LogP contribution in [0.3, 0.4) is 0 Å². The summed E-state index contributed by atoms with van der Waals surface area (Å²) in [7, 11) is 0. The van der Waals surface area contributed by atoms with Gasteiger partial charge in [0.25, 0.3) is 0 Å². The van der Waals surface area contributed by atoms with Gasteiger partial charge in [0.05, 0.1) is 11.5 Å². The summed E-state index contributed by atoms with van der Waals surface area (Å²) >= 11 is 0. The summed E-state index contributed by atoms with van der Waals surface area (Å²) in [4.78, 5) is 48.3. The fourth-order valence-corrected chi connectivity index (χ4v) is 4.99. The molecule has 1 aliphatic heterocycles. The normalized spacial score (nSPS) is 38.0. The molecule has 2 aliphatic carbocycles. The molecule has 6 atom stereocenters. The largest absolute Gasteiger partial charge is 0.465 e. The number of ether oxygens (including phenoxy) is 4. The Bertz CT molecular complexity index is 827. The van der Waals surface area contributed by atoms with Crippen LogP contribution in [-0.4, -0.2) is 54.7 Å². The maximum atomic E-state index is 13.1. The Labute approximate surface area is 169 Å². The van der Waals surface area contributed by atoms with Gasteiger partial charge in [-0.3, -0.25) is 19.2 Å². The van der Waals surface area contributed by atoms with Gasteiger partial charge in [-0.15, -0.1) is 0 Å². The molecule has 0 spiro atoms. The molecule has 158 valence electrons. The molecular formula is C21H26O8. The van der Waals surface area contributed by atoms with Crippen molar-refractivity contribution in [2.45, 2.75) is 65.5 Å². The van der Waals surface area contributed by atoms with E-state index in [4.69, 9.17) is 18.9 Å². The van der Waals surface area contributed by atoms with Crippen molar-refractivity contribution in [3.05, 3.63) is 23.8 Å². The van der Waals surface area contributed by atoms with E-state index in [1.165, 1.54) is 20.8 Å². The van der Waals surface area contributed by atoms with E-state index < -0.39 is 53.2 Å². The SMILES string of the molecule is C=C1[C@@H]2O[C@@H]3C=C(C)C(=O)[C@@H](OC(C)=O)[C@]3(COC(C)=O)[C@@]1(C)C[C@H]2OC(C)=O. The van der Waals surface area contributed by atoms with Gasteiger partial charge in [0.15, 0.2) is 11.9 Å². The van der Waals surface area contributed by atoms with Crippen molar-refractivity contribution in [2.75, 3.05) is 6.61 Å². The Hall–Kier alpha value is -2.48. The molecule has 0 unspecified atom stereocenters. The van der Waals surface area contributed by atoms with Crippen LogP contribution in [-0.2, 0) is 38.1 Å². The van der Waals surface area contributed by atoms with Crippen molar-refractivity contribution in [3.8, 4) is 0 Å². The highest BCUT2D eigenvalue weighted by atomic mass is 16.6. The molecule has 1 saturated heterocycles. The highest BCUT2D eigenvalue weighted by Gasteiger charge is 2.72. The van der Waals surface area contributed by atoms with Crippen molar-refractivity contribution in [1.29, 1.82) is 0 Å². The number of rotatable bonds is 4. The highest BCUT2D eigenvalue weighted by molar-refractivity contribution is 6.01. The second kappa shape index (κ2) is 7.09. The third-order valence-electron chi connectivity index (χ3n) is 6.44. The second-order valence-electron chi connectivity index (χ2n) is 8.21. The minimum Gasteiger partial charge on any atom is -0.465 e. The number of Topliss-reactive ketones (excluding diaryl/α,β-unsaturated/α-hetero) is 1. The first-order chi connectivity index (χ1) is 13.4. The number of carbonyl (C=O) groups excluding carboxylic acids is 4. The molecule has 0 amide bonds. The minimum absolute atomic E-state index is 0.213. The van der Waals surface area contributed by atoms with Crippen molar-refractivity contribution in [3.63, 3.8) is 0 Å². The number of fused-ring (bicyclic) bond motifs is 4. The number of carbonyl (C=O) groups is 4. The zero-order chi connectivity index (χ0) is 21.7. The van der Waals surface area contributed by atoms with E-state index in [1.54, 1.807) is 13.0 Å². The maximum absolute atomic E-state index is 13.1. The number of esters is 3. The summed E-state index contributed by atoms with van der Waals surface area (Å²) in [5.74, 6) is -2.01. The molecule has 8 heteroatoms. The van der Waals surface area contributed by atoms with E-state index in [9.17, 15) is 19.2 Å². The first-order valence-corrected chi connectivity index (χ1v) is 9.49. The van der Waals surface area contributed by atoms with E-state index in [2.05, 4.69) is 6.58 Å². The standard InChI is InChI=1S/C21H26O8/c1-10-7-16-21(9-26-12(3)22,19(17(10)25)28-14(5)24)20(6)8-15(27-13(4)23)18(29-16)11(20)2/h7,15-16,18-19H,2,8-9H2,1,3-6H3/t15-,16-,18+,19-,20+,21-/m1/s1. The smallest absolute Gasteiger partial charge is 0.303 e. The highest BCUT2D eigenvalue weighted by Crippen LogP contribution is 2.65. The van der Waals surface area contributed by atoms with E-state index in [0.29, 0.717) is 17.6 Å². The van der Waals surface area contributed by atoms with Gasteiger partial charge in [-0.1, -0.05) is 13.5 Å². The minimum atomic E-state index is -1.23. The first kappa shape index (κ1) is 21.2. The lowest BCUT2D eigenvalue weighted by atomic mass is 9.52. The second-order valence-corrected chi connectivity index (χ2v) is 8.21. The molecule has 3 aliphatic rings. The van der Waals surface area contributed by atoms with Crippen LogP contribution in [0.1, 0.15) is 41.0 Å². The van der Waals surface area contributed by atoms with Crippen molar-refractivity contribution in [2.24, 2.45) is 10.8 Å². The van der Waals surface area contributed by atoms with Gasteiger partial charge in [-0.05, 0) is 30.6 Å². The molecule has 0 aromatic rings. The molecule has 2 bridgehead atoms. The third kappa shape index (κ3) is 3.10. The van der Waals surface area contributed by atoms with Crippen LogP contribution >= 0.6 is 0 Å². The molecule has 1 heterocycles. The zero-order valence-corrected chi connectivity index (χ0v) is 17.3. The quantitative estimate of drug-likeness (QED) is 0.394. The summed E-state index contributed by atoms with van der Waals surface area (Å²) < 4.78 is 22.6. The van der Waals surface area contributed by atoms with Gasteiger partial charge in [0, 0.05) is 26.2 Å². The monoisotopic (exact) mass is 406 g/mol. The lowest BCUT2D eigenvalue weighted by molar-refractivity contribution is -0.211. The maximum Gasteiger partial charge on any atom is 0.303 e. The molecule has 0 aromatic heterocycles. The predicted octanol–water partition coefficient (Wildman–Crippen LogP) is 1.66. The average Bonchev–Trinajstić information content (AvgIpc) is 2.76. The van der Waals surface area contributed by atoms with E-state index in [1.807, 2.05) is 6.92 Å². The molecule has 2 fully saturated rings. The van der Waals surface area contributed by atoms with Gasteiger partial charge in [-0.25, -0.2) is 0 Å². The van der Waals surface area contributed by atoms with Crippen molar-refractivity contribution in [1.82, 2.24) is 0 Å². The zero-order valence-electron chi connectivity index (χ0n) is 17.3. The van der Waals surface area contributed by atoms with Crippen LogP contribution in [0.4, 0.5) is 0 Å². The Kier molecular flexibility index (Phi) is 5.19. The van der Waals surface area contributed by atoms with Gasteiger partial charge in [0.1, 0.15) is 18.8 Å². The Balaban J connectivity index is 2.19. The molecule has 0 N–H and O–H groups in total. The van der Waals surface area contributed by atoms with Crippen molar-refractivity contribution < 1.29 is 38.1 Å². The third-order valence-corrected chi connectivity index (χ3v) is 6.44. The predicted molar refractivity (Wildman–Crippen MR) is 99.5 cm³/mol. The van der Waals surface area contributed by atoms with E-state index >= 15 is 0 Å². The number of ketones is 1. The van der Waals surface area contributed by atoms with Crippen LogP contribution in [0, 0.1) is 10.8 Å². The first-order valence-electron chi connectivity index (χ1n) is 9.49. The molecule has 0 radical (unpaired) electrons. The van der Waals surface area contributed by atoms with Crippen LogP contribution in [0.5, 0.6) is 0 Å². The molecule has 29 heavy (non-hydrogen) atoms. The molecule has 3 rings (SSSR count). The van der Waals surface area contributed by atoms with Gasteiger partial charge < -0.3 is 18.9 Å². The van der Waals surface area contributed by atoms with E-state index in [-0.39, 0.29) is 12.4 Å². The topological polar surface area (TPSA) is 105 Å². The fourth-order valence-electron chi connectivity index (χ4n) is 4.99. The Morgan fingerprint density at radius 3 is 2.34 bits per heavy atom. The summed E-state index contributed by atoms with van der Waals surface area (Å²) in [5, 5.41) is 0. The molecule has 0 aromatic carbocycles. The summed E-state index contributed by atoms with van der Waals surface area (Å²) in [6, 6.07) is 0. The van der Waals surface area contributed by atoms with Crippen LogP contribution in [0.25, 0.3) is 0 Å². The number of hydrogen-bond donors (Lipinski definition) is 0.